The maximum atomic E-state index is 12.1. The number of carbonyl (C=O) groups is 1. The molecule has 0 radical (unpaired) electrons. The van der Waals surface area contributed by atoms with Gasteiger partial charge in [-0.25, -0.2) is 4.98 Å². The number of nitrogens with zero attached hydrogens (tertiary/aromatic N) is 1. The molecule has 2 aromatic rings. The molecular formula is C15H19N3OS. The second kappa shape index (κ2) is 6.52. The molecule has 1 aromatic carbocycles. The summed E-state index contributed by atoms with van der Waals surface area (Å²) in [4.78, 5) is 17.3. The molecule has 106 valence electrons. The fraction of sp³-hybridized carbons (Fsp3) is 0.333. The number of thiazole rings is 1. The topological polar surface area (TPSA) is 54.0 Å². The third-order valence-corrected chi connectivity index (χ3v) is 3.86. The van der Waals surface area contributed by atoms with Crippen LogP contribution in [0.15, 0.2) is 24.4 Å². The van der Waals surface area contributed by atoms with Crippen LogP contribution in [0.25, 0.3) is 0 Å². The van der Waals surface area contributed by atoms with Gasteiger partial charge in [-0.2, -0.15) is 0 Å². The fourth-order valence-corrected chi connectivity index (χ4v) is 2.68. The number of hydrogen-bond donors (Lipinski definition) is 2. The van der Waals surface area contributed by atoms with Gasteiger partial charge in [0.25, 0.3) is 5.91 Å². The molecule has 4 nitrogen and oxygen atoms in total. The number of carbonyl (C=O) groups excluding carboxylic acids is 1. The SMILES string of the molecule is CCNc1ccc(C(=O)NCc2cnc(C)s2)cc1C. The standard InChI is InChI=1S/C15H19N3OS/c1-4-16-14-6-5-12(7-10(14)2)15(19)18-9-13-8-17-11(3)20-13/h5-8,16H,4,9H2,1-3H3,(H,18,19). The monoisotopic (exact) mass is 289 g/mol. The normalized spacial score (nSPS) is 10.3. The summed E-state index contributed by atoms with van der Waals surface area (Å²) in [6, 6.07) is 5.70. The van der Waals surface area contributed by atoms with Gasteiger partial charge < -0.3 is 10.6 Å². The van der Waals surface area contributed by atoms with Gasteiger partial charge in [0.05, 0.1) is 11.6 Å². The molecule has 0 saturated heterocycles. The summed E-state index contributed by atoms with van der Waals surface area (Å²) in [6.45, 7) is 7.41. The molecule has 0 aliphatic rings. The zero-order valence-electron chi connectivity index (χ0n) is 12.0. The molecule has 2 N–H and O–H groups in total. The van der Waals surface area contributed by atoms with E-state index in [9.17, 15) is 4.79 Å². The average Bonchev–Trinajstić information content (AvgIpc) is 2.84. The summed E-state index contributed by atoms with van der Waals surface area (Å²) < 4.78 is 0. The van der Waals surface area contributed by atoms with Crippen LogP contribution in [0.1, 0.15) is 32.7 Å². The molecule has 1 amide bonds. The maximum absolute atomic E-state index is 12.1. The number of benzene rings is 1. The Morgan fingerprint density at radius 2 is 2.15 bits per heavy atom. The van der Waals surface area contributed by atoms with Gasteiger partial charge >= 0.3 is 0 Å². The van der Waals surface area contributed by atoms with Gasteiger partial charge in [-0.3, -0.25) is 4.79 Å². The lowest BCUT2D eigenvalue weighted by molar-refractivity contribution is 0.0951. The van der Waals surface area contributed by atoms with Crippen LogP contribution in [0.3, 0.4) is 0 Å². The van der Waals surface area contributed by atoms with Crippen molar-refractivity contribution in [2.24, 2.45) is 0 Å². The lowest BCUT2D eigenvalue weighted by Gasteiger charge is -2.09. The Morgan fingerprint density at radius 1 is 1.35 bits per heavy atom. The van der Waals surface area contributed by atoms with E-state index in [2.05, 4.69) is 22.5 Å². The number of aromatic nitrogens is 1. The van der Waals surface area contributed by atoms with E-state index in [-0.39, 0.29) is 5.91 Å². The van der Waals surface area contributed by atoms with E-state index < -0.39 is 0 Å². The van der Waals surface area contributed by atoms with Gasteiger partial charge in [0.15, 0.2) is 0 Å². The quantitative estimate of drug-likeness (QED) is 0.889. The molecule has 0 aliphatic carbocycles. The van der Waals surface area contributed by atoms with Crippen LogP contribution in [0.2, 0.25) is 0 Å². The molecule has 0 atom stereocenters. The largest absolute Gasteiger partial charge is 0.385 e. The average molecular weight is 289 g/mol. The number of hydrogen-bond acceptors (Lipinski definition) is 4. The Kier molecular flexibility index (Phi) is 4.74. The highest BCUT2D eigenvalue weighted by atomic mass is 32.1. The molecule has 0 spiro atoms. The number of aryl methyl sites for hydroxylation is 2. The minimum atomic E-state index is -0.0535. The van der Waals surface area contributed by atoms with E-state index in [4.69, 9.17) is 0 Å². The van der Waals surface area contributed by atoms with E-state index in [1.165, 1.54) is 0 Å². The van der Waals surface area contributed by atoms with Crippen molar-refractivity contribution in [1.82, 2.24) is 10.3 Å². The first kappa shape index (κ1) is 14.5. The van der Waals surface area contributed by atoms with Crippen LogP contribution in [-0.2, 0) is 6.54 Å². The number of anilines is 1. The van der Waals surface area contributed by atoms with Gasteiger partial charge in [0.2, 0.25) is 0 Å². The second-order valence-electron chi connectivity index (χ2n) is 4.59. The van der Waals surface area contributed by atoms with Crippen molar-refractivity contribution >= 4 is 22.9 Å². The summed E-state index contributed by atoms with van der Waals surface area (Å²) in [5.41, 5.74) is 2.83. The van der Waals surface area contributed by atoms with Crippen LogP contribution < -0.4 is 10.6 Å². The molecule has 0 unspecified atom stereocenters. The smallest absolute Gasteiger partial charge is 0.251 e. The van der Waals surface area contributed by atoms with Crippen LogP contribution in [-0.4, -0.2) is 17.4 Å². The molecule has 0 bridgehead atoms. The Balaban J connectivity index is 2.00. The van der Waals surface area contributed by atoms with E-state index >= 15 is 0 Å². The molecule has 5 heteroatoms. The zero-order valence-corrected chi connectivity index (χ0v) is 12.8. The Labute approximate surface area is 123 Å². The molecule has 0 fully saturated rings. The first-order valence-corrected chi connectivity index (χ1v) is 7.46. The predicted octanol–water partition coefficient (Wildman–Crippen LogP) is 3.12. The van der Waals surface area contributed by atoms with Gasteiger partial charge in [-0.1, -0.05) is 0 Å². The summed E-state index contributed by atoms with van der Waals surface area (Å²) >= 11 is 1.60. The minimum absolute atomic E-state index is 0.0535. The summed E-state index contributed by atoms with van der Waals surface area (Å²) in [5.74, 6) is -0.0535. The molecule has 2 rings (SSSR count). The second-order valence-corrected chi connectivity index (χ2v) is 5.91. The number of nitrogens with one attached hydrogen (secondary N) is 2. The molecule has 1 heterocycles. The lowest BCUT2D eigenvalue weighted by Crippen LogP contribution is -2.22. The van der Waals surface area contributed by atoms with Crippen molar-refractivity contribution in [1.29, 1.82) is 0 Å². The first-order chi connectivity index (χ1) is 9.60. The van der Waals surface area contributed by atoms with Crippen molar-refractivity contribution in [3.8, 4) is 0 Å². The van der Waals surface area contributed by atoms with Gasteiger partial charge in [-0.05, 0) is 44.5 Å². The third-order valence-electron chi connectivity index (χ3n) is 2.95. The molecule has 0 saturated carbocycles. The Morgan fingerprint density at radius 3 is 2.75 bits per heavy atom. The highest BCUT2D eigenvalue weighted by molar-refractivity contribution is 7.11. The van der Waals surface area contributed by atoms with Crippen molar-refractivity contribution in [3.05, 3.63) is 45.4 Å². The molecule has 0 aliphatic heterocycles. The van der Waals surface area contributed by atoms with E-state index in [0.29, 0.717) is 12.1 Å². The fourth-order valence-electron chi connectivity index (χ4n) is 1.95. The highest BCUT2D eigenvalue weighted by Gasteiger charge is 2.08. The minimum Gasteiger partial charge on any atom is -0.385 e. The maximum Gasteiger partial charge on any atom is 0.251 e. The lowest BCUT2D eigenvalue weighted by atomic mass is 10.1. The number of amides is 1. The summed E-state index contributed by atoms with van der Waals surface area (Å²) in [6.07, 6.45) is 1.81. The Hall–Kier alpha value is -1.88. The van der Waals surface area contributed by atoms with Crippen molar-refractivity contribution in [2.75, 3.05) is 11.9 Å². The van der Waals surface area contributed by atoms with Crippen molar-refractivity contribution in [2.45, 2.75) is 27.3 Å². The summed E-state index contributed by atoms with van der Waals surface area (Å²) in [7, 11) is 0. The number of rotatable bonds is 5. The molecule has 20 heavy (non-hydrogen) atoms. The van der Waals surface area contributed by atoms with Crippen LogP contribution in [0, 0.1) is 13.8 Å². The van der Waals surface area contributed by atoms with Crippen molar-refractivity contribution < 1.29 is 4.79 Å². The molecule has 1 aromatic heterocycles. The van der Waals surface area contributed by atoms with E-state index in [1.807, 2.05) is 32.0 Å². The Bertz CT molecular complexity index is 607. The van der Waals surface area contributed by atoms with Gasteiger partial charge in [-0.15, -0.1) is 11.3 Å². The van der Waals surface area contributed by atoms with Crippen molar-refractivity contribution in [3.63, 3.8) is 0 Å². The first-order valence-electron chi connectivity index (χ1n) is 6.64. The summed E-state index contributed by atoms with van der Waals surface area (Å²) in [5, 5.41) is 7.20. The zero-order chi connectivity index (χ0) is 14.5. The van der Waals surface area contributed by atoms with Gasteiger partial charge in [0.1, 0.15) is 0 Å². The third kappa shape index (κ3) is 3.57. The molecular weight excluding hydrogens is 270 g/mol. The van der Waals surface area contributed by atoms with Crippen LogP contribution in [0.5, 0.6) is 0 Å². The van der Waals surface area contributed by atoms with E-state index in [0.717, 1.165) is 27.7 Å². The van der Waals surface area contributed by atoms with Crippen LogP contribution in [0.4, 0.5) is 5.69 Å². The van der Waals surface area contributed by atoms with E-state index in [1.54, 1.807) is 17.5 Å². The highest BCUT2D eigenvalue weighted by Crippen LogP contribution is 2.16. The van der Waals surface area contributed by atoms with Crippen LogP contribution >= 0.6 is 11.3 Å². The predicted molar refractivity (Wildman–Crippen MR) is 83.4 cm³/mol. The van der Waals surface area contributed by atoms with Gasteiger partial charge in [0, 0.05) is 28.9 Å².